The van der Waals surface area contributed by atoms with Crippen molar-refractivity contribution in [1.82, 2.24) is 0 Å². The average Bonchev–Trinajstić information content (AvgIpc) is 2.68. The lowest BCUT2D eigenvalue weighted by atomic mass is 9.95. The molecule has 3 heteroatoms. The second-order valence-corrected chi connectivity index (χ2v) is 6.72. The number of benzene rings is 3. The average molecular weight is 332 g/mol. The van der Waals surface area contributed by atoms with Gasteiger partial charge in [0.05, 0.1) is 13.2 Å². The van der Waals surface area contributed by atoms with Crippen molar-refractivity contribution in [3.8, 4) is 11.1 Å². The molecule has 0 atom stereocenters. The summed E-state index contributed by atoms with van der Waals surface area (Å²) in [7, 11) is 4.15. The maximum absolute atomic E-state index is 5.55. The monoisotopic (exact) mass is 332 g/mol. The highest BCUT2D eigenvalue weighted by Crippen LogP contribution is 2.38. The van der Waals surface area contributed by atoms with Crippen LogP contribution in [0.4, 0.5) is 11.4 Å². The van der Waals surface area contributed by atoms with Gasteiger partial charge in [0.1, 0.15) is 0 Å². The van der Waals surface area contributed by atoms with E-state index in [2.05, 4.69) is 84.6 Å². The molecule has 0 aliphatic carbocycles. The van der Waals surface area contributed by atoms with Crippen molar-refractivity contribution in [2.24, 2.45) is 0 Å². The number of fused-ring (bicyclic) bond motifs is 1. The molecule has 4 rings (SSSR count). The largest absolute Gasteiger partial charge is 0.378 e. The van der Waals surface area contributed by atoms with Crippen molar-refractivity contribution >= 4 is 22.1 Å². The highest BCUT2D eigenvalue weighted by molar-refractivity contribution is 6.03. The predicted octanol–water partition coefficient (Wildman–Crippen LogP) is 4.41. The fraction of sp³-hybridized carbons (Fsp3) is 0.273. The molecule has 0 aromatic heterocycles. The van der Waals surface area contributed by atoms with Crippen molar-refractivity contribution in [2.75, 3.05) is 50.2 Å². The Morgan fingerprint density at radius 3 is 2.28 bits per heavy atom. The molecule has 0 spiro atoms. The van der Waals surface area contributed by atoms with Crippen LogP contribution in [0.2, 0.25) is 0 Å². The second kappa shape index (κ2) is 6.77. The Bertz CT molecular complexity index is 865. The maximum atomic E-state index is 5.55. The Labute approximate surface area is 149 Å². The van der Waals surface area contributed by atoms with E-state index in [-0.39, 0.29) is 0 Å². The van der Waals surface area contributed by atoms with Crippen LogP contribution in [0.1, 0.15) is 0 Å². The zero-order valence-corrected chi connectivity index (χ0v) is 14.9. The second-order valence-electron chi connectivity index (χ2n) is 6.72. The van der Waals surface area contributed by atoms with Gasteiger partial charge in [-0.3, -0.25) is 0 Å². The minimum atomic E-state index is 0.797. The summed E-state index contributed by atoms with van der Waals surface area (Å²) in [5.74, 6) is 0. The molecular weight excluding hydrogens is 308 g/mol. The van der Waals surface area contributed by atoms with Crippen LogP contribution in [0.3, 0.4) is 0 Å². The van der Waals surface area contributed by atoms with Crippen LogP contribution < -0.4 is 9.80 Å². The number of morpholine rings is 1. The van der Waals surface area contributed by atoms with Crippen molar-refractivity contribution in [1.29, 1.82) is 0 Å². The molecule has 3 aromatic carbocycles. The minimum Gasteiger partial charge on any atom is -0.378 e. The number of rotatable bonds is 3. The fourth-order valence-electron chi connectivity index (χ4n) is 3.56. The molecule has 1 heterocycles. The van der Waals surface area contributed by atoms with E-state index in [1.165, 1.54) is 33.3 Å². The first-order chi connectivity index (χ1) is 12.2. The zero-order valence-electron chi connectivity index (χ0n) is 14.9. The van der Waals surface area contributed by atoms with E-state index in [0.717, 1.165) is 26.3 Å². The van der Waals surface area contributed by atoms with E-state index >= 15 is 0 Å². The lowest BCUT2D eigenvalue weighted by Crippen LogP contribution is -2.36. The van der Waals surface area contributed by atoms with E-state index in [4.69, 9.17) is 4.74 Å². The van der Waals surface area contributed by atoms with Gasteiger partial charge in [0.25, 0.3) is 0 Å². The van der Waals surface area contributed by atoms with Gasteiger partial charge in [0.15, 0.2) is 0 Å². The number of nitrogens with zero attached hydrogens (tertiary/aromatic N) is 2. The predicted molar refractivity (Wildman–Crippen MR) is 107 cm³/mol. The van der Waals surface area contributed by atoms with Gasteiger partial charge in [0.2, 0.25) is 0 Å². The minimum absolute atomic E-state index is 0.797. The van der Waals surface area contributed by atoms with Crippen LogP contribution in [0, 0.1) is 0 Å². The summed E-state index contributed by atoms with van der Waals surface area (Å²) in [6, 6.07) is 22.0. The molecule has 0 radical (unpaired) electrons. The Hall–Kier alpha value is -2.52. The lowest BCUT2D eigenvalue weighted by Gasteiger charge is -2.31. The van der Waals surface area contributed by atoms with Gasteiger partial charge in [0, 0.05) is 44.1 Å². The van der Waals surface area contributed by atoms with E-state index in [0.29, 0.717) is 0 Å². The summed E-state index contributed by atoms with van der Waals surface area (Å²) < 4.78 is 5.55. The summed E-state index contributed by atoms with van der Waals surface area (Å²) >= 11 is 0. The normalized spacial score (nSPS) is 14.7. The zero-order chi connectivity index (χ0) is 17.2. The van der Waals surface area contributed by atoms with Crippen molar-refractivity contribution in [2.45, 2.75) is 0 Å². The third-order valence-electron chi connectivity index (χ3n) is 4.93. The highest BCUT2D eigenvalue weighted by Gasteiger charge is 2.18. The third-order valence-corrected chi connectivity index (χ3v) is 4.93. The first kappa shape index (κ1) is 16.0. The van der Waals surface area contributed by atoms with Crippen LogP contribution >= 0.6 is 0 Å². The summed E-state index contributed by atoms with van der Waals surface area (Å²) in [5.41, 5.74) is 5.12. The Morgan fingerprint density at radius 1 is 0.840 bits per heavy atom. The topological polar surface area (TPSA) is 15.7 Å². The number of hydrogen-bond donors (Lipinski definition) is 0. The van der Waals surface area contributed by atoms with Crippen LogP contribution in [-0.2, 0) is 4.74 Å². The Kier molecular flexibility index (Phi) is 4.33. The van der Waals surface area contributed by atoms with Crippen molar-refractivity contribution < 1.29 is 4.74 Å². The Morgan fingerprint density at radius 2 is 1.56 bits per heavy atom. The number of ether oxygens (including phenoxy) is 1. The molecular formula is C22H24N2O. The van der Waals surface area contributed by atoms with E-state index in [1.807, 2.05) is 0 Å². The van der Waals surface area contributed by atoms with Crippen LogP contribution in [0.5, 0.6) is 0 Å². The molecule has 3 nitrogen and oxygen atoms in total. The standard InChI is InChI=1S/C22H24N2O/c1-23(2)19-10-7-18(8-11-19)22-20-6-4-3-5-17(20)9-12-21(22)24-13-15-25-16-14-24/h3-12H,13-16H2,1-2H3. The molecule has 25 heavy (non-hydrogen) atoms. The van der Waals surface area contributed by atoms with Gasteiger partial charge in [-0.2, -0.15) is 0 Å². The van der Waals surface area contributed by atoms with Crippen molar-refractivity contribution in [3.05, 3.63) is 60.7 Å². The SMILES string of the molecule is CN(C)c1ccc(-c2c(N3CCOCC3)ccc3ccccc23)cc1. The fourth-order valence-corrected chi connectivity index (χ4v) is 3.56. The molecule has 1 aliphatic heterocycles. The molecule has 1 saturated heterocycles. The van der Waals surface area contributed by atoms with Gasteiger partial charge in [-0.1, -0.05) is 42.5 Å². The highest BCUT2D eigenvalue weighted by atomic mass is 16.5. The van der Waals surface area contributed by atoms with Gasteiger partial charge in [-0.25, -0.2) is 0 Å². The summed E-state index contributed by atoms with van der Waals surface area (Å²) in [5, 5.41) is 2.59. The maximum Gasteiger partial charge on any atom is 0.0642 e. The van der Waals surface area contributed by atoms with Crippen LogP contribution in [-0.4, -0.2) is 40.4 Å². The first-order valence-corrected chi connectivity index (χ1v) is 8.86. The molecule has 0 unspecified atom stereocenters. The Balaban J connectivity index is 1.89. The smallest absolute Gasteiger partial charge is 0.0642 e. The summed E-state index contributed by atoms with van der Waals surface area (Å²) in [6.07, 6.45) is 0. The molecule has 128 valence electrons. The van der Waals surface area contributed by atoms with Gasteiger partial charge in [-0.15, -0.1) is 0 Å². The molecule has 1 fully saturated rings. The molecule has 0 N–H and O–H groups in total. The number of anilines is 2. The molecule has 3 aromatic rings. The molecule has 0 saturated carbocycles. The lowest BCUT2D eigenvalue weighted by molar-refractivity contribution is 0.123. The van der Waals surface area contributed by atoms with E-state index < -0.39 is 0 Å². The quantitative estimate of drug-likeness (QED) is 0.706. The van der Waals surface area contributed by atoms with E-state index in [1.54, 1.807) is 0 Å². The molecule has 0 bridgehead atoms. The van der Waals surface area contributed by atoms with Gasteiger partial charge in [-0.05, 0) is 34.5 Å². The third kappa shape index (κ3) is 3.08. The van der Waals surface area contributed by atoms with Crippen LogP contribution in [0.25, 0.3) is 21.9 Å². The van der Waals surface area contributed by atoms with E-state index in [9.17, 15) is 0 Å². The van der Waals surface area contributed by atoms with Crippen molar-refractivity contribution in [3.63, 3.8) is 0 Å². The summed E-state index contributed by atoms with van der Waals surface area (Å²) in [6.45, 7) is 3.49. The molecule has 0 amide bonds. The van der Waals surface area contributed by atoms with Gasteiger partial charge >= 0.3 is 0 Å². The molecule has 1 aliphatic rings. The first-order valence-electron chi connectivity index (χ1n) is 8.86. The number of hydrogen-bond acceptors (Lipinski definition) is 3. The summed E-state index contributed by atoms with van der Waals surface area (Å²) in [4.78, 5) is 4.58. The van der Waals surface area contributed by atoms with Gasteiger partial charge < -0.3 is 14.5 Å². The van der Waals surface area contributed by atoms with Crippen LogP contribution in [0.15, 0.2) is 60.7 Å².